The fraction of sp³-hybridized carbons (Fsp3) is 0.0769. The maximum atomic E-state index is 13.7. The van der Waals surface area contributed by atoms with Crippen LogP contribution in [0, 0.1) is 15.9 Å². The molecular formula is C13H9BrFNO3. The Kier molecular flexibility index (Phi) is 4.11. The van der Waals surface area contributed by atoms with Crippen molar-refractivity contribution in [1.29, 1.82) is 0 Å². The van der Waals surface area contributed by atoms with Crippen molar-refractivity contribution >= 4 is 21.6 Å². The average molecular weight is 326 g/mol. The van der Waals surface area contributed by atoms with E-state index in [9.17, 15) is 14.5 Å². The summed E-state index contributed by atoms with van der Waals surface area (Å²) in [5.41, 5.74) is 0.405. The Morgan fingerprint density at radius 3 is 2.58 bits per heavy atom. The highest BCUT2D eigenvalue weighted by Gasteiger charge is 2.21. The zero-order chi connectivity index (χ0) is 13.8. The number of ether oxygens (including phenoxy) is 1. The Morgan fingerprint density at radius 1 is 1.26 bits per heavy atom. The Balaban J connectivity index is 2.27. The third-order valence-electron chi connectivity index (χ3n) is 2.41. The number of rotatable bonds is 4. The maximum Gasteiger partial charge on any atom is 0.315 e. The smallest absolute Gasteiger partial charge is 0.315 e. The minimum atomic E-state index is -0.767. The molecule has 0 radical (unpaired) electrons. The molecule has 0 saturated carbocycles. The first kappa shape index (κ1) is 13.5. The zero-order valence-corrected chi connectivity index (χ0v) is 11.3. The summed E-state index contributed by atoms with van der Waals surface area (Å²) in [6.07, 6.45) is 0. The van der Waals surface area contributed by atoms with Gasteiger partial charge in [0.2, 0.25) is 5.75 Å². The molecule has 0 aromatic heterocycles. The summed E-state index contributed by atoms with van der Waals surface area (Å²) in [4.78, 5) is 10.2. The van der Waals surface area contributed by atoms with Crippen LogP contribution in [0.3, 0.4) is 0 Å². The molecule has 0 amide bonds. The van der Waals surface area contributed by atoms with Crippen LogP contribution < -0.4 is 4.74 Å². The SMILES string of the molecule is O=[N+]([O-])c1cc(Br)cc(F)c1OCc1ccccc1. The lowest BCUT2D eigenvalue weighted by Crippen LogP contribution is -2.01. The van der Waals surface area contributed by atoms with Crippen LogP contribution in [0.15, 0.2) is 46.9 Å². The van der Waals surface area contributed by atoms with Crippen LogP contribution in [-0.4, -0.2) is 4.92 Å². The van der Waals surface area contributed by atoms with Gasteiger partial charge in [0.05, 0.1) is 4.92 Å². The second kappa shape index (κ2) is 5.79. The summed E-state index contributed by atoms with van der Waals surface area (Å²) in [6.45, 7) is 0.0697. The van der Waals surface area contributed by atoms with Crippen molar-refractivity contribution in [2.75, 3.05) is 0 Å². The standard InChI is InChI=1S/C13H9BrFNO3/c14-10-6-11(15)13(12(7-10)16(17)18)19-8-9-4-2-1-3-5-9/h1-7H,8H2. The van der Waals surface area contributed by atoms with Gasteiger partial charge >= 0.3 is 5.69 Å². The van der Waals surface area contributed by atoms with E-state index in [0.717, 1.165) is 11.6 Å². The molecule has 0 aliphatic rings. The lowest BCUT2D eigenvalue weighted by molar-refractivity contribution is -0.386. The molecule has 0 atom stereocenters. The van der Waals surface area contributed by atoms with Gasteiger partial charge in [-0.3, -0.25) is 10.1 Å². The fourth-order valence-electron chi connectivity index (χ4n) is 1.56. The number of nitrogens with zero attached hydrogens (tertiary/aromatic N) is 1. The summed E-state index contributed by atoms with van der Waals surface area (Å²) < 4.78 is 19.2. The number of nitro benzene ring substituents is 1. The van der Waals surface area contributed by atoms with Gasteiger partial charge in [0.1, 0.15) is 6.61 Å². The number of nitro groups is 1. The molecule has 4 nitrogen and oxygen atoms in total. The molecule has 0 aliphatic carbocycles. The van der Waals surface area contributed by atoms with Gasteiger partial charge in [-0.1, -0.05) is 46.3 Å². The van der Waals surface area contributed by atoms with E-state index in [2.05, 4.69) is 15.9 Å². The molecule has 0 spiro atoms. The Bertz CT molecular complexity index is 604. The van der Waals surface area contributed by atoms with Crippen molar-refractivity contribution in [3.05, 3.63) is 68.4 Å². The molecule has 0 unspecified atom stereocenters. The van der Waals surface area contributed by atoms with Crippen LogP contribution in [0.4, 0.5) is 10.1 Å². The van der Waals surface area contributed by atoms with Crippen LogP contribution in [-0.2, 0) is 6.61 Å². The summed E-state index contributed by atoms with van der Waals surface area (Å²) in [6, 6.07) is 11.4. The van der Waals surface area contributed by atoms with Gasteiger partial charge in [0.15, 0.2) is 5.82 Å². The topological polar surface area (TPSA) is 52.4 Å². The number of hydrogen-bond donors (Lipinski definition) is 0. The van der Waals surface area contributed by atoms with Gasteiger partial charge in [0.25, 0.3) is 0 Å². The molecule has 0 aliphatic heterocycles. The van der Waals surface area contributed by atoms with Gasteiger partial charge in [-0.05, 0) is 11.6 Å². The largest absolute Gasteiger partial charge is 0.480 e. The van der Waals surface area contributed by atoms with Crippen molar-refractivity contribution in [2.45, 2.75) is 6.61 Å². The highest BCUT2D eigenvalue weighted by molar-refractivity contribution is 9.10. The van der Waals surface area contributed by atoms with Crippen LogP contribution in [0.25, 0.3) is 0 Å². The second-order valence-corrected chi connectivity index (χ2v) is 4.68. The van der Waals surface area contributed by atoms with Crippen LogP contribution >= 0.6 is 15.9 Å². The highest BCUT2D eigenvalue weighted by atomic mass is 79.9. The van der Waals surface area contributed by atoms with Crippen LogP contribution in [0.2, 0.25) is 0 Å². The average Bonchev–Trinajstić information content (AvgIpc) is 2.38. The summed E-state index contributed by atoms with van der Waals surface area (Å²) >= 11 is 3.01. The number of benzene rings is 2. The van der Waals surface area contributed by atoms with E-state index in [1.807, 2.05) is 18.2 Å². The predicted octanol–water partition coefficient (Wildman–Crippen LogP) is 4.08. The first-order valence-corrected chi connectivity index (χ1v) is 6.17. The van der Waals surface area contributed by atoms with Crippen molar-refractivity contribution in [3.63, 3.8) is 0 Å². The predicted molar refractivity (Wildman–Crippen MR) is 71.5 cm³/mol. The van der Waals surface area contributed by atoms with Crippen LogP contribution in [0.1, 0.15) is 5.56 Å². The minimum absolute atomic E-state index is 0.0697. The molecule has 19 heavy (non-hydrogen) atoms. The molecule has 0 N–H and O–H groups in total. The van der Waals surface area contributed by atoms with E-state index in [1.54, 1.807) is 12.1 Å². The van der Waals surface area contributed by atoms with Crippen molar-refractivity contribution in [2.24, 2.45) is 0 Å². The Morgan fingerprint density at radius 2 is 1.95 bits per heavy atom. The minimum Gasteiger partial charge on any atom is -0.480 e. The quantitative estimate of drug-likeness (QED) is 0.628. The molecule has 98 valence electrons. The van der Waals surface area contributed by atoms with Gasteiger partial charge in [0, 0.05) is 10.5 Å². The molecule has 0 fully saturated rings. The monoisotopic (exact) mass is 325 g/mol. The van der Waals surface area contributed by atoms with E-state index < -0.39 is 16.4 Å². The second-order valence-electron chi connectivity index (χ2n) is 3.77. The molecule has 2 aromatic carbocycles. The summed E-state index contributed by atoms with van der Waals surface area (Å²) in [7, 11) is 0. The molecule has 2 aromatic rings. The zero-order valence-electron chi connectivity index (χ0n) is 9.68. The van der Waals surface area contributed by atoms with Gasteiger partial charge in [-0.2, -0.15) is 0 Å². The first-order chi connectivity index (χ1) is 9.08. The lowest BCUT2D eigenvalue weighted by Gasteiger charge is -2.08. The molecule has 0 saturated heterocycles. The number of hydrogen-bond acceptors (Lipinski definition) is 3. The Hall–Kier alpha value is -1.95. The van der Waals surface area contributed by atoms with E-state index in [-0.39, 0.29) is 12.4 Å². The van der Waals surface area contributed by atoms with Crippen LogP contribution in [0.5, 0.6) is 5.75 Å². The third kappa shape index (κ3) is 3.29. The molecular weight excluding hydrogens is 317 g/mol. The van der Waals surface area contributed by atoms with Crippen molar-refractivity contribution in [1.82, 2.24) is 0 Å². The molecule has 0 heterocycles. The van der Waals surface area contributed by atoms with E-state index in [0.29, 0.717) is 4.47 Å². The normalized spacial score (nSPS) is 10.2. The summed E-state index contributed by atoms with van der Waals surface area (Å²) in [5.74, 6) is -1.12. The van der Waals surface area contributed by atoms with E-state index >= 15 is 0 Å². The van der Waals surface area contributed by atoms with E-state index in [4.69, 9.17) is 4.74 Å². The van der Waals surface area contributed by atoms with Crippen molar-refractivity contribution < 1.29 is 14.1 Å². The lowest BCUT2D eigenvalue weighted by atomic mass is 10.2. The molecule has 6 heteroatoms. The number of halogens is 2. The van der Waals surface area contributed by atoms with E-state index in [1.165, 1.54) is 6.07 Å². The fourth-order valence-corrected chi connectivity index (χ4v) is 1.97. The highest BCUT2D eigenvalue weighted by Crippen LogP contribution is 2.33. The third-order valence-corrected chi connectivity index (χ3v) is 2.87. The van der Waals surface area contributed by atoms with Gasteiger partial charge < -0.3 is 4.74 Å². The Labute approximate surface area is 117 Å². The summed E-state index contributed by atoms with van der Waals surface area (Å²) in [5, 5.41) is 10.9. The van der Waals surface area contributed by atoms with Gasteiger partial charge in [-0.15, -0.1) is 0 Å². The first-order valence-electron chi connectivity index (χ1n) is 5.38. The van der Waals surface area contributed by atoms with Gasteiger partial charge in [-0.25, -0.2) is 4.39 Å². The maximum absolute atomic E-state index is 13.7. The molecule has 2 rings (SSSR count). The molecule has 0 bridgehead atoms. The van der Waals surface area contributed by atoms with Crippen molar-refractivity contribution in [3.8, 4) is 5.75 Å².